The van der Waals surface area contributed by atoms with Crippen LogP contribution in [-0.4, -0.2) is 15.0 Å². The van der Waals surface area contributed by atoms with Gasteiger partial charge in [-0.2, -0.15) is 0 Å². The van der Waals surface area contributed by atoms with Crippen molar-refractivity contribution >= 4 is 0 Å². The van der Waals surface area contributed by atoms with Gasteiger partial charge in [-0.3, -0.25) is 0 Å². The Bertz CT molecular complexity index is 330. The SMILES string of the molecule is CC(C)(C)c1c(CN)nnn1C1CC1. The maximum Gasteiger partial charge on any atom is 0.1000 e. The maximum atomic E-state index is 5.67. The van der Waals surface area contributed by atoms with Gasteiger partial charge >= 0.3 is 0 Å². The second-order valence-electron chi connectivity index (χ2n) is 5.01. The lowest BCUT2D eigenvalue weighted by Crippen LogP contribution is -2.20. The van der Waals surface area contributed by atoms with Crippen LogP contribution in [0.15, 0.2) is 0 Å². The second-order valence-corrected chi connectivity index (χ2v) is 5.01. The molecule has 1 fully saturated rings. The van der Waals surface area contributed by atoms with Crippen LogP contribution >= 0.6 is 0 Å². The molecule has 1 aromatic rings. The highest BCUT2D eigenvalue weighted by Crippen LogP contribution is 2.38. The van der Waals surface area contributed by atoms with Crippen molar-refractivity contribution in [3.05, 3.63) is 11.4 Å². The average molecular weight is 194 g/mol. The Hall–Kier alpha value is -0.900. The van der Waals surface area contributed by atoms with Gasteiger partial charge in [0.1, 0.15) is 0 Å². The first-order valence-electron chi connectivity index (χ1n) is 5.18. The van der Waals surface area contributed by atoms with Crippen LogP contribution in [0.1, 0.15) is 51.0 Å². The lowest BCUT2D eigenvalue weighted by Gasteiger charge is -2.20. The Balaban J connectivity index is 2.45. The first-order chi connectivity index (χ1) is 6.54. The molecule has 0 spiro atoms. The zero-order valence-electron chi connectivity index (χ0n) is 9.12. The van der Waals surface area contributed by atoms with E-state index in [9.17, 15) is 0 Å². The average Bonchev–Trinajstić information content (AvgIpc) is 2.82. The van der Waals surface area contributed by atoms with E-state index in [1.807, 2.05) is 0 Å². The van der Waals surface area contributed by atoms with Gasteiger partial charge in [0.2, 0.25) is 0 Å². The Kier molecular flexibility index (Phi) is 2.10. The highest BCUT2D eigenvalue weighted by Gasteiger charge is 2.33. The fourth-order valence-corrected chi connectivity index (χ4v) is 1.82. The topological polar surface area (TPSA) is 56.7 Å². The normalized spacial score (nSPS) is 17.4. The highest BCUT2D eigenvalue weighted by molar-refractivity contribution is 5.20. The van der Waals surface area contributed by atoms with Crippen LogP contribution in [0.25, 0.3) is 0 Å². The number of hydrogen-bond acceptors (Lipinski definition) is 3. The number of nitrogens with zero attached hydrogens (tertiary/aromatic N) is 3. The fourth-order valence-electron chi connectivity index (χ4n) is 1.82. The molecule has 1 aromatic heterocycles. The molecule has 2 N–H and O–H groups in total. The molecule has 4 heteroatoms. The molecule has 14 heavy (non-hydrogen) atoms. The highest BCUT2D eigenvalue weighted by atomic mass is 15.5. The van der Waals surface area contributed by atoms with Crippen LogP contribution in [0.5, 0.6) is 0 Å². The van der Waals surface area contributed by atoms with Crippen molar-refractivity contribution in [3.8, 4) is 0 Å². The zero-order valence-corrected chi connectivity index (χ0v) is 9.12. The van der Waals surface area contributed by atoms with E-state index in [1.54, 1.807) is 0 Å². The van der Waals surface area contributed by atoms with Gasteiger partial charge in [-0.05, 0) is 12.8 Å². The monoisotopic (exact) mass is 194 g/mol. The Morgan fingerprint density at radius 2 is 2.07 bits per heavy atom. The molecule has 1 saturated carbocycles. The third kappa shape index (κ3) is 1.54. The van der Waals surface area contributed by atoms with Crippen LogP contribution in [-0.2, 0) is 12.0 Å². The molecule has 0 aromatic carbocycles. The molecule has 0 atom stereocenters. The Morgan fingerprint density at radius 1 is 1.43 bits per heavy atom. The van der Waals surface area contributed by atoms with E-state index in [-0.39, 0.29) is 5.41 Å². The van der Waals surface area contributed by atoms with Crippen LogP contribution in [0.4, 0.5) is 0 Å². The van der Waals surface area contributed by atoms with Crippen molar-refractivity contribution in [3.63, 3.8) is 0 Å². The van der Waals surface area contributed by atoms with Gasteiger partial charge in [0, 0.05) is 12.0 Å². The van der Waals surface area contributed by atoms with E-state index in [2.05, 4.69) is 35.8 Å². The summed E-state index contributed by atoms with van der Waals surface area (Å²) in [5.41, 5.74) is 7.91. The van der Waals surface area contributed by atoms with Gasteiger partial charge in [-0.25, -0.2) is 4.68 Å². The Labute approximate surface area is 84.5 Å². The molecular formula is C10H18N4. The maximum absolute atomic E-state index is 5.67. The molecule has 4 nitrogen and oxygen atoms in total. The van der Waals surface area contributed by atoms with E-state index >= 15 is 0 Å². The summed E-state index contributed by atoms with van der Waals surface area (Å²) in [6, 6.07) is 0.581. The lowest BCUT2D eigenvalue weighted by molar-refractivity contribution is 0.483. The van der Waals surface area contributed by atoms with Crippen molar-refractivity contribution < 1.29 is 0 Å². The van der Waals surface area contributed by atoms with Crippen LogP contribution in [0, 0.1) is 0 Å². The minimum Gasteiger partial charge on any atom is -0.325 e. The van der Waals surface area contributed by atoms with E-state index < -0.39 is 0 Å². The van der Waals surface area contributed by atoms with Gasteiger partial charge < -0.3 is 5.73 Å². The lowest BCUT2D eigenvalue weighted by atomic mass is 9.90. The van der Waals surface area contributed by atoms with E-state index in [0.717, 1.165) is 5.69 Å². The molecule has 1 aliphatic carbocycles. The molecule has 1 heterocycles. The predicted molar refractivity (Wildman–Crippen MR) is 54.9 cm³/mol. The molecule has 1 aliphatic rings. The summed E-state index contributed by atoms with van der Waals surface area (Å²) in [5.74, 6) is 0. The predicted octanol–water partition coefficient (Wildman–Crippen LogP) is 1.37. The minimum atomic E-state index is 0.0841. The van der Waals surface area contributed by atoms with Gasteiger partial charge in [0.25, 0.3) is 0 Å². The molecule has 0 saturated heterocycles. The summed E-state index contributed by atoms with van der Waals surface area (Å²) >= 11 is 0. The molecule has 0 aliphatic heterocycles. The standard InChI is InChI=1S/C10H18N4/c1-10(2,3)9-8(6-11)12-13-14(9)7-4-5-7/h7H,4-6,11H2,1-3H3. The summed E-state index contributed by atoms with van der Waals surface area (Å²) in [6.45, 7) is 7.04. The summed E-state index contributed by atoms with van der Waals surface area (Å²) in [7, 11) is 0. The van der Waals surface area contributed by atoms with Crippen molar-refractivity contribution in [2.75, 3.05) is 0 Å². The van der Waals surface area contributed by atoms with Crippen LogP contribution < -0.4 is 5.73 Å². The summed E-state index contributed by atoms with van der Waals surface area (Å²) < 4.78 is 2.07. The molecule has 0 unspecified atom stereocenters. The van der Waals surface area contributed by atoms with E-state index in [1.165, 1.54) is 18.5 Å². The number of hydrogen-bond donors (Lipinski definition) is 1. The smallest absolute Gasteiger partial charge is 0.1000 e. The molecular weight excluding hydrogens is 176 g/mol. The van der Waals surface area contributed by atoms with Gasteiger partial charge in [-0.15, -0.1) is 5.10 Å². The van der Waals surface area contributed by atoms with Crippen molar-refractivity contribution in [2.24, 2.45) is 5.73 Å². The molecule has 2 rings (SSSR count). The summed E-state index contributed by atoms with van der Waals surface area (Å²) in [5, 5.41) is 8.35. The number of aromatic nitrogens is 3. The van der Waals surface area contributed by atoms with Crippen LogP contribution in [0.2, 0.25) is 0 Å². The fraction of sp³-hybridized carbons (Fsp3) is 0.800. The van der Waals surface area contributed by atoms with Crippen molar-refractivity contribution in [1.82, 2.24) is 15.0 Å². The van der Waals surface area contributed by atoms with Crippen LogP contribution in [0.3, 0.4) is 0 Å². The van der Waals surface area contributed by atoms with E-state index in [4.69, 9.17) is 5.73 Å². The summed E-state index contributed by atoms with van der Waals surface area (Å²) in [6.07, 6.45) is 2.47. The number of rotatable bonds is 2. The zero-order chi connectivity index (χ0) is 10.3. The molecule has 0 amide bonds. The third-order valence-electron chi connectivity index (χ3n) is 2.56. The van der Waals surface area contributed by atoms with Gasteiger partial charge in [0.15, 0.2) is 0 Å². The third-order valence-corrected chi connectivity index (χ3v) is 2.56. The van der Waals surface area contributed by atoms with Crippen molar-refractivity contribution in [2.45, 2.75) is 51.6 Å². The van der Waals surface area contributed by atoms with Crippen molar-refractivity contribution in [1.29, 1.82) is 0 Å². The largest absolute Gasteiger partial charge is 0.325 e. The van der Waals surface area contributed by atoms with Gasteiger partial charge in [0.05, 0.1) is 17.4 Å². The quantitative estimate of drug-likeness (QED) is 0.773. The first-order valence-corrected chi connectivity index (χ1v) is 5.18. The Morgan fingerprint density at radius 3 is 2.50 bits per heavy atom. The molecule has 0 bridgehead atoms. The first kappa shape index (κ1) is 9.65. The molecule has 78 valence electrons. The summed E-state index contributed by atoms with van der Waals surface area (Å²) in [4.78, 5) is 0. The number of nitrogens with two attached hydrogens (primary N) is 1. The van der Waals surface area contributed by atoms with Gasteiger partial charge in [-0.1, -0.05) is 26.0 Å². The van der Waals surface area contributed by atoms with E-state index in [0.29, 0.717) is 12.6 Å². The second kappa shape index (κ2) is 3.05. The minimum absolute atomic E-state index is 0.0841. The molecule has 0 radical (unpaired) electrons.